The Morgan fingerprint density at radius 3 is 2.54 bits per heavy atom. The van der Waals surface area contributed by atoms with Crippen LogP contribution in [-0.4, -0.2) is 65.3 Å². The van der Waals surface area contributed by atoms with E-state index in [-0.39, 0.29) is 30.0 Å². The maximum atomic E-state index is 13.8. The van der Waals surface area contributed by atoms with Crippen LogP contribution in [0.25, 0.3) is 21.7 Å². The third-order valence-electron chi connectivity index (χ3n) is 8.07. The van der Waals surface area contributed by atoms with Gasteiger partial charge in [-0.05, 0) is 37.9 Å². The van der Waals surface area contributed by atoms with Crippen molar-refractivity contribution in [2.75, 3.05) is 38.7 Å². The molecule has 2 N–H and O–H groups in total. The predicted octanol–water partition coefficient (Wildman–Crippen LogP) is 4.14. The molecule has 212 valence electrons. The first-order valence-electron chi connectivity index (χ1n) is 13.7. The predicted molar refractivity (Wildman–Crippen MR) is 163 cm³/mol. The molecule has 2 aromatic carbocycles. The van der Waals surface area contributed by atoms with E-state index in [0.717, 1.165) is 32.5 Å². The van der Waals surface area contributed by atoms with Gasteiger partial charge in [0.1, 0.15) is 0 Å². The number of hydrogen-bond acceptors (Lipinski definition) is 7. The van der Waals surface area contributed by atoms with E-state index in [1.807, 2.05) is 67.5 Å². The molecule has 4 heterocycles. The Balaban J connectivity index is 1.49. The molecule has 0 aliphatic carbocycles. The van der Waals surface area contributed by atoms with E-state index in [1.54, 1.807) is 28.0 Å². The van der Waals surface area contributed by atoms with Crippen LogP contribution >= 0.6 is 22.9 Å². The van der Waals surface area contributed by atoms with Crippen LogP contribution in [0, 0.1) is 11.8 Å². The first-order chi connectivity index (χ1) is 19.9. The van der Waals surface area contributed by atoms with E-state index in [9.17, 15) is 14.7 Å². The highest BCUT2D eigenvalue weighted by molar-refractivity contribution is 7.19. The van der Waals surface area contributed by atoms with E-state index in [0.29, 0.717) is 24.7 Å². The van der Waals surface area contributed by atoms with Gasteiger partial charge in [-0.3, -0.25) is 9.59 Å². The third-order valence-corrected chi connectivity index (χ3v) is 9.44. The van der Waals surface area contributed by atoms with E-state index in [1.165, 1.54) is 0 Å². The second kappa shape index (κ2) is 11.4. The molecule has 41 heavy (non-hydrogen) atoms. The number of anilines is 1. The summed E-state index contributed by atoms with van der Waals surface area (Å²) in [5, 5.41) is 15.2. The second-order valence-electron chi connectivity index (χ2n) is 10.8. The smallest absolute Gasteiger partial charge is 0.250 e. The number of likely N-dealkylation sites (N-methyl/N-ethyl adjacent to an activating group) is 1. The van der Waals surface area contributed by atoms with Gasteiger partial charge in [0, 0.05) is 54.5 Å². The summed E-state index contributed by atoms with van der Waals surface area (Å²) in [6, 6.07) is 22.2. The van der Waals surface area contributed by atoms with Crippen molar-refractivity contribution in [3.05, 3.63) is 93.9 Å². The van der Waals surface area contributed by atoms with Gasteiger partial charge in [-0.25, -0.2) is 4.98 Å². The number of amides is 1. The number of benzene rings is 2. The molecule has 10 heteroatoms. The molecule has 2 aromatic heterocycles. The average Bonchev–Trinajstić information content (AvgIpc) is 3.50. The topological polar surface area (TPSA) is 90.7 Å². The number of hydrogen-bond donors (Lipinski definition) is 2. The number of thiazole rings is 1. The van der Waals surface area contributed by atoms with Crippen molar-refractivity contribution in [1.82, 2.24) is 19.8 Å². The van der Waals surface area contributed by atoms with Gasteiger partial charge < -0.3 is 24.8 Å². The number of halogens is 1. The van der Waals surface area contributed by atoms with Gasteiger partial charge in [-0.15, -0.1) is 0 Å². The van der Waals surface area contributed by atoms with Crippen molar-refractivity contribution < 1.29 is 9.90 Å². The zero-order valence-corrected chi connectivity index (χ0v) is 24.5. The molecule has 1 amide bonds. The molecule has 0 unspecified atom stereocenters. The Hall–Kier alpha value is -3.50. The number of aliphatic hydroxyl groups excluding tert-OH is 1. The molecule has 4 aromatic rings. The molecule has 2 aliphatic heterocycles. The lowest BCUT2D eigenvalue weighted by Gasteiger charge is -2.38. The van der Waals surface area contributed by atoms with Crippen LogP contribution in [0.4, 0.5) is 5.13 Å². The van der Waals surface area contributed by atoms with Gasteiger partial charge in [0.05, 0.1) is 28.6 Å². The van der Waals surface area contributed by atoms with Crippen LogP contribution in [-0.2, 0) is 11.3 Å². The zero-order chi connectivity index (χ0) is 28.7. The van der Waals surface area contributed by atoms with Crippen molar-refractivity contribution in [3.63, 3.8) is 0 Å². The summed E-state index contributed by atoms with van der Waals surface area (Å²) in [6.45, 7) is 1.39. The standard InChI is InChI=1S/C31H32ClN5O3S/c1-35(2)16-15-33-30(40)26-22(18-38)24-17-36-23(9-6-10-25(36)39)28(26)37(24)31-34-27(19-11-13-21(32)14-12-19)29(41-31)20-7-4-3-5-8-20/h3-14,22,24,26,28,38H,15-18H2,1-2H3,(H,33,40)/t22-,24-,26+,28-/m0/s1. The normalized spacial score (nSPS) is 21.2. The van der Waals surface area contributed by atoms with Gasteiger partial charge in [0.15, 0.2) is 5.13 Å². The number of carbonyl (C=O) groups is 1. The quantitative estimate of drug-likeness (QED) is 0.321. The summed E-state index contributed by atoms with van der Waals surface area (Å²) in [4.78, 5) is 37.1. The zero-order valence-electron chi connectivity index (χ0n) is 22.9. The second-order valence-corrected chi connectivity index (χ2v) is 12.2. The van der Waals surface area contributed by atoms with Crippen LogP contribution in [0.2, 0.25) is 5.02 Å². The van der Waals surface area contributed by atoms with Crippen molar-refractivity contribution >= 4 is 34.0 Å². The van der Waals surface area contributed by atoms with Crippen molar-refractivity contribution in [2.24, 2.45) is 11.8 Å². The average molecular weight is 590 g/mol. The Bertz CT molecular complexity index is 1600. The molecule has 0 spiro atoms. The summed E-state index contributed by atoms with van der Waals surface area (Å²) in [5.41, 5.74) is 3.47. The van der Waals surface area contributed by atoms with Gasteiger partial charge >= 0.3 is 0 Å². The number of pyridine rings is 1. The minimum Gasteiger partial charge on any atom is -0.396 e. The Morgan fingerprint density at radius 2 is 1.83 bits per heavy atom. The molecule has 4 atom stereocenters. The Morgan fingerprint density at radius 1 is 1.07 bits per heavy atom. The fraction of sp³-hybridized carbons (Fsp3) is 0.323. The van der Waals surface area contributed by atoms with Crippen molar-refractivity contribution in [1.29, 1.82) is 0 Å². The number of rotatable bonds is 8. The first-order valence-corrected chi connectivity index (χ1v) is 14.9. The number of carbonyl (C=O) groups excluding carboxylic acids is 1. The van der Waals surface area contributed by atoms with Gasteiger partial charge in [-0.2, -0.15) is 0 Å². The maximum Gasteiger partial charge on any atom is 0.250 e. The number of aliphatic hydroxyl groups is 1. The largest absolute Gasteiger partial charge is 0.396 e. The minimum absolute atomic E-state index is 0.103. The molecule has 1 saturated heterocycles. The van der Waals surface area contributed by atoms with Gasteiger partial charge in [-0.1, -0.05) is 71.5 Å². The Kier molecular flexibility index (Phi) is 7.70. The minimum atomic E-state index is -0.550. The number of aromatic nitrogens is 2. The number of nitrogens with zero attached hydrogens (tertiary/aromatic N) is 4. The maximum absolute atomic E-state index is 13.8. The molecule has 0 saturated carbocycles. The lowest BCUT2D eigenvalue weighted by molar-refractivity contribution is -0.127. The summed E-state index contributed by atoms with van der Waals surface area (Å²) < 4.78 is 1.76. The fourth-order valence-electron chi connectivity index (χ4n) is 6.15. The summed E-state index contributed by atoms with van der Waals surface area (Å²) >= 11 is 7.77. The molecule has 6 rings (SSSR count). The van der Waals surface area contributed by atoms with Crippen LogP contribution in [0.5, 0.6) is 0 Å². The Labute approximate surface area is 247 Å². The van der Waals surface area contributed by atoms with Crippen LogP contribution in [0.3, 0.4) is 0 Å². The van der Waals surface area contributed by atoms with E-state index >= 15 is 0 Å². The van der Waals surface area contributed by atoms with E-state index in [2.05, 4.69) is 22.3 Å². The molecule has 8 nitrogen and oxygen atoms in total. The highest BCUT2D eigenvalue weighted by Gasteiger charge is 2.56. The highest BCUT2D eigenvalue weighted by Crippen LogP contribution is 2.53. The van der Waals surface area contributed by atoms with Gasteiger partial charge in [0.2, 0.25) is 5.91 Å². The highest BCUT2D eigenvalue weighted by atomic mass is 35.5. The van der Waals surface area contributed by atoms with Gasteiger partial charge in [0.25, 0.3) is 5.56 Å². The van der Waals surface area contributed by atoms with Crippen molar-refractivity contribution in [2.45, 2.75) is 18.6 Å². The van der Waals surface area contributed by atoms with Crippen LogP contribution in [0.15, 0.2) is 77.6 Å². The molecule has 1 fully saturated rings. The monoisotopic (exact) mass is 589 g/mol. The molecule has 2 aliphatic rings. The molecular weight excluding hydrogens is 558 g/mol. The summed E-state index contributed by atoms with van der Waals surface area (Å²) in [5.74, 6) is -1.04. The first kappa shape index (κ1) is 27.7. The third kappa shape index (κ3) is 5.08. The number of fused-ring (bicyclic) bond motifs is 4. The SMILES string of the molecule is CN(C)CCNC(=O)[C@@H]1[C@@H](CO)[C@@H]2Cn3c(cccc3=O)[C@@H]1N2c1nc(-c2ccc(Cl)cc2)c(-c2ccccc2)s1. The number of nitrogens with one attached hydrogen (secondary N) is 1. The summed E-state index contributed by atoms with van der Waals surface area (Å²) in [7, 11) is 3.92. The molecule has 2 bridgehead atoms. The van der Waals surface area contributed by atoms with Crippen LogP contribution < -0.4 is 15.8 Å². The fourth-order valence-corrected chi connectivity index (χ4v) is 7.46. The lowest BCUT2D eigenvalue weighted by Crippen LogP contribution is -2.46. The molecule has 0 radical (unpaired) electrons. The van der Waals surface area contributed by atoms with E-state index in [4.69, 9.17) is 16.6 Å². The summed E-state index contributed by atoms with van der Waals surface area (Å²) in [6.07, 6.45) is 0. The van der Waals surface area contributed by atoms with Crippen LogP contribution in [0.1, 0.15) is 11.7 Å². The lowest BCUT2D eigenvalue weighted by atomic mass is 9.86. The molecular formula is C31H32ClN5O3S. The van der Waals surface area contributed by atoms with Crippen molar-refractivity contribution in [3.8, 4) is 21.7 Å². The van der Waals surface area contributed by atoms with E-state index < -0.39 is 12.0 Å².